The maximum absolute atomic E-state index is 12.3. The van der Waals surface area contributed by atoms with Gasteiger partial charge in [-0.2, -0.15) is 0 Å². The SMILES string of the molecule is COc1ccc(NC(=O)c2cccnc2)cc1Cc1ccccc1. The zero-order chi connectivity index (χ0) is 16.8. The van der Waals surface area contributed by atoms with Gasteiger partial charge < -0.3 is 10.1 Å². The molecule has 0 aliphatic rings. The van der Waals surface area contributed by atoms with E-state index in [1.54, 1.807) is 31.6 Å². The Balaban J connectivity index is 1.82. The molecule has 1 amide bonds. The lowest BCUT2D eigenvalue weighted by molar-refractivity contribution is 0.102. The van der Waals surface area contributed by atoms with Crippen molar-refractivity contribution in [3.05, 3.63) is 89.7 Å². The Morgan fingerprint density at radius 1 is 1.08 bits per heavy atom. The van der Waals surface area contributed by atoms with E-state index in [1.165, 1.54) is 5.56 Å². The Hall–Kier alpha value is -3.14. The molecule has 4 heteroatoms. The zero-order valence-electron chi connectivity index (χ0n) is 13.4. The quantitative estimate of drug-likeness (QED) is 0.775. The second-order valence-corrected chi connectivity index (χ2v) is 5.38. The molecule has 1 N–H and O–H groups in total. The number of anilines is 1. The monoisotopic (exact) mass is 318 g/mol. The Bertz CT molecular complexity index is 818. The molecule has 0 bridgehead atoms. The first kappa shape index (κ1) is 15.7. The van der Waals surface area contributed by atoms with E-state index in [0.29, 0.717) is 5.56 Å². The summed E-state index contributed by atoms with van der Waals surface area (Å²) in [5, 5.41) is 2.90. The van der Waals surface area contributed by atoms with Crippen LogP contribution in [0.1, 0.15) is 21.5 Å². The molecule has 0 unspecified atom stereocenters. The molecule has 0 atom stereocenters. The summed E-state index contributed by atoms with van der Waals surface area (Å²) in [6.07, 6.45) is 3.92. The molecule has 0 aliphatic carbocycles. The summed E-state index contributed by atoms with van der Waals surface area (Å²) in [6, 6.07) is 19.3. The van der Waals surface area contributed by atoms with Gasteiger partial charge in [0.05, 0.1) is 12.7 Å². The van der Waals surface area contributed by atoms with Crippen LogP contribution in [0.15, 0.2) is 73.1 Å². The number of nitrogens with zero attached hydrogens (tertiary/aromatic N) is 1. The van der Waals surface area contributed by atoms with Crippen LogP contribution in [-0.4, -0.2) is 18.0 Å². The fourth-order valence-electron chi connectivity index (χ4n) is 2.51. The van der Waals surface area contributed by atoms with Crippen LogP contribution in [0.5, 0.6) is 5.75 Å². The van der Waals surface area contributed by atoms with Gasteiger partial charge >= 0.3 is 0 Å². The highest BCUT2D eigenvalue weighted by molar-refractivity contribution is 6.04. The minimum Gasteiger partial charge on any atom is -0.496 e. The van der Waals surface area contributed by atoms with Crippen molar-refractivity contribution in [1.29, 1.82) is 0 Å². The maximum Gasteiger partial charge on any atom is 0.257 e. The molecule has 120 valence electrons. The Kier molecular flexibility index (Phi) is 4.87. The molecule has 1 heterocycles. The van der Waals surface area contributed by atoms with Gasteiger partial charge in [-0.25, -0.2) is 0 Å². The van der Waals surface area contributed by atoms with E-state index in [-0.39, 0.29) is 5.91 Å². The topological polar surface area (TPSA) is 51.2 Å². The number of aromatic nitrogens is 1. The van der Waals surface area contributed by atoms with Crippen LogP contribution in [0.3, 0.4) is 0 Å². The lowest BCUT2D eigenvalue weighted by atomic mass is 10.0. The van der Waals surface area contributed by atoms with Crippen LogP contribution in [-0.2, 0) is 6.42 Å². The van der Waals surface area contributed by atoms with E-state index >= 15 is 0 Å². The molecule has 0 spiro atoms. The fourth-order valence-corrected chi connectivity index (χ4v) is 2.51. The molecule has 0 fully saturated rings. The summed E-state index contributed by atoms with van der Waals surface area (Å²) in [5.41, 5.74) is 3.47. The smallest absolute Gasteiger partial charge is 0.257 e. The number of hydrogen-bond donors (Lipinski definition) is 1. The van der Waals surface area contributed by atoms with Crippen molar-refractivity contribution in [2.45, 2.75) is 6.42 Å². The number of benzene rings is 2. The van der Waals surface area contributed by atoms with Crippen LogP contribution < -0.4 is 10.1 Å². The summed E-state index contributed by atoms with van der Waals surface area (Å²) in [7, 11) is 1.65. The minimum absolute atomic E-state index is 0.182. The molecule has 3 aromatic rings. The van der Waals surface area contributed by atoms with Crippen LogP contribution in [0, 0.1) is 0 Å². The molecule has 3 rings (SSSR count). The fraction of sp³-hybridized carbons (Fsp3) is 0.100. The van der Waals surface area contributed by atoms with Crippen molar-refractivity contribution >= 4 is 11.6 Å². The van der Waals surface area contributed by atoms with Gasteiger partial charge in [-0.15, -0.1) is 0 Å². The third kappa shape index (κ3) is 3.79. The highest BCUT2D eigenvalue weighted by atomic mass is 16.5. The number of pyridine rings is 1. The number of nitrogens with one attached hydrogen (secondary N) is 1. The molecular formula is C20H18N2O2. The summed E-state index contributed by atoms with van der Waals surface area (Å²) >= 11 is 0. The van der Waals surface area contributed by atoms with E-state index in [9.17, 15) is 4.79 Å². The number of hydrogen-bond acceptors (Lipinski definition) is 3. The third-order valence-corrected chi connectivity index (χ3v) is 3.70. The van der Waals surface area contributed by atoms with Crippen molar-refractivity contribution in [2.75, 3.05) is 12.4 Å². The number of rotatable bonds is 5. The molecule has 0 aliphatic heterocycles. The molecule has 0 saturated carbocycles. The van der Waals surface area contributed by atoms with E-state index in [2.05, 4.69) is 22.4 Å². The summed E-state index contributed by atoms with van der Waals surface area (Å²) in [4.78, 5) is 16.2. The van der Waals surface area contributed by atoms with Gasteiger partial charge in [0.2, 0.25) is 0 Å². The first-order valence-electron chi connectivity index (χ1n) is 7.68. The molecule has 1 aromatic heterocycles. The number of amides is 1. The molecule has 2 aromatic carbocycles. The van der Waals surface area contributed by atoms with Crippen molar-refractivity contribution in [2.24, 2.45) is 0 Å². The van der Waals surface area contributed by atoms with E-state index < -0.39 is 0 Å². The van der Waals surface area contributed by atoms with Crippen molar-refractivity contribution in [3.8, 4) is 5.75 Å². The molecule has 24 heavy (non-hydrogen) atoms. The summed E-state index contributed by atoms with van der Waals surface area (Å²) in [6.45, 7) is 0. The van der Waals surface area contributed by atoms with Gasteiger partial charge in [-0.05, 0) is 35.9 Å². The number of carbonyl (C=O) groups is 1. The average molecular weight is 318 g/mol. The average Bonchev–Trinajstić information content (AvgIpc) is 2.63. The van der Waals surface area contributed by atoms with Crippen LogP contribution >= 0.6 is 0 Å². The summed E-state index contributed by atoms with van der Waals surface area (Å²) in [5.74, 6) is 0.622. The Morgan fingerprint density at radius 3 is 2.62 bits per heavy atom. The van der Waals surface area contributed by atoms with Gasteiger partial charge in [-0.1, -0.05) is 30.3 Å². The van der Waals surface area contributed by atoms with Gasteiger partial charge in [0.1, 0.15) is 5.75 Å². The Morgan fingerprint density at radius 2 is 1.92 bits per heavy atom. The number of carbonyl (C=O) groups excluding carboxylic acids is 1. The lowest BCUT2D eigenvalue weighted by Gasteiger charge is -2.12. The van der Waals surface area contributed by atoms with Gasteiger partial charge in [0, 0.05) is 30.1 Å². The lowest BCUT2D eigenvalue weighted by Crippen LogP contribution is -2.12. The molecule has 4 nitrogen and oxygen atoms in total. The van der Waals surface area contributed by atoms with Gasteiger partial charge in [-0.3, -0.25) is 9.78 Å². The molecule has 0 saturated heterocycles. The van der Waals surface area contributed by atoms with Crippen molar-refractivity contribution < 1.29 is 9.53 Å². The third-order valence-electron chi connectivity index (χ3n) is 3.70. The minimum atomic E-state index is -0.182. The van der Waals surface area contributed by atoms with Crippen LogP contribution in [0.4, 0.5) is 5.69 Å². The largest absolute Gasteiger partial charge is 0.496 e. The highest BCUT2D eigenvalue weighted by Crippen LogP contribution is 2.25. The standard InChI is InChI=1S/C20H18N2O2/c1-24-19-10-9-18(22-20(23)16-8-5-11-21-14-16)13-17(19)12-15-6-3-2-4-7-15/h2-11,13-14H,12H2,1H3,(H,22,23). The maximum atomic E-state index is 12.3. The van der Waals surface area contributed by atoms with Gasteiger partial charge in [0.15, 0.2) is 0 Å². The van der Waals surface area contributed by atoms with Crippen molar-refractivity contribution in [3.63, 3.8) is 0 Å². The Labute approximate surface area is 141 Å². The number of ether oxygens (including phenoxy) is 1. The first-order valence-corrected chi connectivity index (χ1v) is 7.68. The predicted octanol–water partition coefficient (Wildman–Crippen LogP) is 3.93. The number of methoxy groups -OCH3 is 1. The van der Waals surface area contributed by atoms with Crippen molar-refractivity contribution in [1.82, 2.24) is 4.98 Å². The highest BCUT2D eigenvalue weighted by Gasteiger charge is 2.09. The summed E-state index contributed by atoms with van der Waals surface area (Å²) < 4.78 is 5.44. The first-order chi connectivity index (χ1) is 11.8. The second-order valence-electron chi connectivity index (χ2n) is 5.38. The van der Waals surface area contributed by atoms with E-state index in [0.717, 1.165) is 23.4 Å². The van der Waals surface area contributed by atoms with E-state index in [4.69, 9.17) is 4.74 Å². The van der Waals surface area contributed by atoms with E-state index in [1.807, 2.05) is 36.4 Å². The molecular weight excluding hydrogens is 300 g/mol. The predicted molar refractivity (Wildman–Crippen MR) is 94.4 cm³/mol. The van der Waals surface area contributed by atoms with Crippen LogP contribution in [0.2, 0.25) is 0 Å². The van der Waals surface area contributed by atoms with Crippen LogP contribution in [0.25, 0.3) is 0 Å². The molecule has 0 radical (unpaired) electrons. The van der Waals surface area contributed by atoms with Gasteiger partial charge in [0.25, 0.3) is 5.91 Å². The second kappa shape index (κ2) is 7.42. The zero-order valence-corrected chi connectivity index (χ0v) is 13.4. The normalized spacial score (nSPS) is 10.2.